The van der Waals surface area contributed by atoms with Crippen LogP contribution in [0.3, 0.4) is 0 Å². The van der Waals surface area contributed by atoms with Gasteiger partial charge < -0.3 is 9.84 Å². The van der Waals surface area contributed by atoms with Gasteiger partial charge in [0, 0.05) is 11.5 Å². The number of para-hydroxylation sites is 1. The summed E-state index contributed by atoms with van der Waals surface area (Å²) in [6, 6.07) is 10.9. The Hall–Kier alpha value is -4.47. The fourth-order valence-electron chi connectivity index (χ4n) is 8.07. The maximum atomic E-state index is 14.5. The van der Waals surface area contributed by atoms with E-state index in [0.717, 1.165) is 24.3 Å². The van der Waals surface area contributed by atoms with Crippen LogP contribution in [-0.2, 0) is 31.5 Å². The van der Waals surface area contributed by atoms with Gasteiger partial charge in [-0.15, -0.1) is 23.2 Å². The van der Waals surface area contributed by atoms with E-state index in [-0.39, 0.29) is 53.8 Å². The number of alkyl halides is 8. The molecule has 4 aliphatic rings. The molecule has 53 heavy (non-hydrogen) atoms. The minimum atomic E-state index is -5.27. The number of anilines is 2. The third-order valence-corrected chi connectivity index (χ3v) is 11.7. The molecule has 0 aromatic heterocycles. The number of rotatable bonds is 6. The standard InChI is InChI=1S/C36H25Cl2F7N2O6/c37-33-16-25-22(9-10-24-27(25)30(50)46(29(24)49)21-14-17(35(40,41)42)13-18(15-21)36(43,44)45)28(23-3-1-2-4-26(23)53-12-11-48)34(33,38)32(52)47(31(33)51)20-7-5-19(39)6-8-20/h1-9,13-15,24-25,27-28,48H,10-12,16H2. The number of hydrogen-bond acceptors (Lipinski definition) is 6. The van der Waals surface area contributed by atoms with Gasteiger partial charge in [-0.3, -0.25) is 19.2 Å². The lowest BCUT2D eigenvalue weighted by Gasteiger charge is -2.50. The highest BCUT2D eigenvalue weighted by Crippen LogP contribution is 2.66. The maximum absolute atomic E-state index is 14.5. The second-order valence-electron chi connectivity index (χ2n) is 13.1. The summed E-state index contributed by atoms with van der Waals surface area (Å²) < 4.78 is 102. The van der Waals surface area contributed by atoms with Crippen molar-refractivity contribution in [2.75, 3.05) is 23.0 Å². The molecule has 0 spiro atoms. The second-order valence-corrected chi connectivity index (χ2v) is 14.4. The van der Waals surface area contributed by atoms with Crippen molar-refractivity contribution in [1.29, 1.82) is 0 Å². The molecule has 278 valence electrons. The molecule has 3 fully saturated rings. The minimum Gasteiger partial charge on any atom is -0.491 e. The molecule has 0 radical (unpaired) electrons. The van der Waals surface area contributed by atoms with Gasteiger partial charge >= 0.3 is 12.4 Å². The van der Waals surface area contributed by atoms with Gasteiger partial charge in [-0.2, -0.15) is 26.3 Å². The number of imide groups is 2. The number of hydrogen-bond donors (Lipinski definition) is 1. The monoisotopic (exact) mass is 784 g/mol. The molecule has 2 heterocycles. The van der Waals surface area contributed by atoms with Gasteiger partial charge in [0.2, 0.25) is 11.8 Å². The van der Waals surface area contributed by atoms with E-state index in [4.69, 9.17) is 27.9 Å². The molecule has 7 rings (SSSR count). The highest BCUT2D eigenvalue weighted by atomic mass is 35.5. The van der Waals surface area contributed by atoms with Crippen LogP contribution >= 0.6 is 23.2 Å². The van der Waals surface area contributed by atoms with Crippen molar-refractivity contribution in [3.05, 3.63) is 101 Å². The predicted octanol–water partition coefficient (Wildman–Crippen LogP) is 7.00. The molecule has 2 saturated heterocycles. The third kappa shape index (κ3) is 5.53. The largest absolute Gasteiger partial charge is 0.491 e. The molecule has 4 amide bonds. The van der Waals surface area contributed by atoms with Crippen molar-refractivity contribution >= 4 is 58.2 Å². The maximum Gasteiger partial charge on any atom is 0.416 e. The Labute approximate surface area is 305 Å². The van der Waals surface area contributed by atoms with Crippen molar-refractivity contribution in [2.45, 2.75) is 40.9 Å². The minimum absolute atomic E-state index is 0.0856. The van der Waals surface area contributed by atoms with Crippen LogP contribution in [0.25, 0.3) is 0 Å². The van der Waals surface area contributed by atoms with Gasteiger partial charge in [-0.1, -0.05) is 29.8 Å². The number of amides is 4. The van der Waals surface area contributed by atoms with E-state index in [9.17, 15) is 55.0 Å². The highest BCUT2D eigenvalue weighted by Gasteiger charge is 2.77. The number of allylic oxidation sites excluding steroid dienone is 2. The summed E-state index contributed by atoms with van der Waals surface area (Å²) in [5, 5.41) is 9.50. The Morgan fingerprint density at radius 1 is 0.792 bits per heavy atom. The van der Waals surface area contributed by atoms with Crippen LogP contribution in [-0.4, -0.2) is 51.7 Å². The first-order valence-corrected chi connectivity index (χ1v) is 16.8. The van der Waals surface area contributed by atoms with E-state index >= 15 is 0 Å². The number of ether oxygens (including phenoxy) is 1. The zero-order valence-electron chi connectivity index (χ0n) is 26.9. The lowest BCUT2D eigenvalue weighted by molar-refractivity contribution is -0.143. The van der Waals surface area contributed by atoms with Crippen LogP contribution < -0.4 is 14.5 Å². The first kappa shape index (κ1) is 36.9. The van der Waals surface area contributed by atoms with Crippen LogP contribution in [0.4, 0.5) is 42.1 Å². The molecule has 6 atom stereocenters. The van der Waals surface area contributed by atoms with Gasteiger partial charge in [0.25, 0.3) is 11.8 Å². The molecule has 17 heteroatoms. The quantitative estimate of drug-likeness (QED) is 0.125. The van der Waals surface area contributed by atoms with Gasteiger partial charge in [0.05, 0.1) is 40.9 Å². The van der Waals surface area contributed by atoms with Crippen molar-refractivity contribution in [1.82, 2.24) is 0 Å². The van der Waals surface area contributed by atoms with Crippen LogP contribution in [0.1, 0.15) is 35.4 Å². The van der Waals surface area contributed by atoms with Crippen molar-refractivity contribution in [3.63, 3.8) is 0 Å². The number of benzene rings is 3. The zero-order valence-corrected chi connectivity index (χ0v) is 28.4. The number of fused-ring (bicyclic) bond motifs is 4. The van der Waals surface area contributed by atoms with Crippen molar-refractivity contribution in [3.8, 4) is 5.75 Å². The first-order chi connectivity index (χ1) is 24.8. The Kier molecular flexibility index (Phi) is 8.73. The van der Waals surface area contributed by atoms with E-state index < -0.39 is 105 Å². The lowest BCUT2D eigenvalue weighted by Crippen LogP contribution is -2.60. The molecule has 1 N–H and O–H groups in total. The Balaban J connectivity index is 1.39. The first-order valence-electron chi connectivity index (χ1n) is 16.1. The van der Waals surface area contributed by atoms with Gasteiger partial charge in [-0.25, -0.2) is 14.2 Å². The fraction of sp³-hybridized carbons (Fsp3) is 0.333. The molecule has 3 aromatic rings. The van der Waals surface area contributed by atoms with Gasteiger partial charge in [0.15, 0.2) is 9.75 Å². The number of nitrogens with zero attached hydrogens (tertiary/aromatic N) is 2. The molecular formula is C36H25Cl2F7N2O6. The van der Waals surface area contributed by atoms with E-state index in [0.29, 0.717) is 9.80 Å². The van der Waals surface area contributed by atoms with Crippen LogP contribution in [0, 0.1) is 23.6 Å². The molecule has 8 nitrogen and oxygen atoms in total. The van der Waals surface area contributed by atoms with Crippen LogP contribution in [0.2, 0.25) is 0 Å². The van der Waals surface area contributed by atoms with Gasteiger partial charge in [0.1, 0.15) is 18.2 Å². The number of aliphatic hydroxyl groups is 1. The normalized spacial score (nSPS) is 28.5. The summed E-state index contributed by atoms with van der Waals surface area (Å²) in [6.07, 6.45) is -9.84. The highest BCUT2D eigenvalue weighted by molar-refractivity contribution is 6.58. The van der Waals surface area contributed by atoms with Crippen molar-refractivity contribution < 1.29 is 59.8 Å². The Morgan fingerprint density at radius 3 is 2.02 bits per heavy atom. The molecule has 2 aliphatic heterocycles. The Morgan fingerprint density at radius 2 is 1.42 bits per heavy atom. The summed E-state index contributed by atoms with van der Waals surface area (Å²) >= 11 is 14.6. The summed E-state index contributed by atoms with van der Waals surface area (Å²) in [5.41, 5.74) is -4.07. The summed E-state index contributed by atoms with van der Waals surface area (Å²) in [7, 11) is 0. The topological polar surface area (TPSA) is 104 Å². The molecule has 0 bridgehead atoms. The summed E-state index contributed by atoms with van der Waals surface area (Å²) in [4.78, 5) is 53.3. The van der Waals surface area contributed by atoms with Gasteiger partial charge in [-0.05, 0) is 67.3 Å². The Bertz CT molecular complexity index is 2060. The molecule has 6 unspecified atom stereocenters. The number of carbonyl (C=O) groups is 4. The molecular weight excluding hydrogens is 760 g/mol. The molecule has 3 aromatic carbocycles. The predicted molar refractivity (Wildman–Crippen MR) is 175 cm³/mol. The average Bonchev–Trinajstić information content (AvgIpc) is 3.44. The second kappa shape index (κ2) is 12.6. The van der Waals surface area contributed by atoms with Crippen molar-refractivity contribution in [2.24, 2.45) is 17.8 Å². The molecule has 2 aliphatic carbocycles. The number of aliphatic hydroxyl groups excluding tert-OH is 1. The van der Waals surface area contributed by atoms with Crippen LogP contribution in [0.15, 0.2) is 78.4 Å². The summed E-state index contributed by atoms with van der Waals surface area (Å²) in [5.74, 6) is -10.2. The summed E-state index contributed by atoms with van der Waals surface area (Å²) in [6.45, 7) is -0.640. The fourth-order valence-corrected chi connectivity index (χ4v) is 9.00. The SMILES string of the molecule is O=C1C2CC=C3C(CC4(Cl)C(=O)N(c5ccc(F)cc5)C(=O)C4(Cl)C3c3ccccc3OCCO)C2C(=O)N1c1cc(C(F)(F)F)cc(C(F)(F)F)c1. The third-order valence-electron chi connectivity index (χ3n) is 10.3. The average molecular weight is 785 g/mol. The van der Waals surface area contributed by atoms with E-state index in [1.54, 1.807) is 12.1 Å². The van der Waals surface area contributed by atoms with E-state index in [2.05, 4.69) is 0 Å². The van der Waals surface area contributed by atoms with Crippen LogP contribution in [0.5, 0.6) is 5.75 Å². The van der Waals surface area contributed by atoms with E-state index in [1.807, 2.05) is 0 Å². The van der Waals surface area contributed by atoms with E-state index in [1.165, 1.54) is 18.2 Å². The molecule has 1 saturated carbocycles. The number of halogens is 9. The smallest absolute Gasteiger partial charge is 0.416 e. The zero-order chi connectivity index (χ0) is 38.4. The number of carbonyl (C=O) groups excluding carboxylic acids is 4. The lowest BCUT2D eigenvalue weighted by atomic mass is 9.56.